The second kappa shape index (κ2) is 8.57. The van der Waals surface area contributed by atoms with E-state index in [9.17, 15) is 4.79 Å². The van der Waals surface area contributed by atoms with Crippen molar-refractivity contribution >= 4 is 11.4 Å². The summed E-state index contributed by atoms with van der Waals surface area (Å²) in [4.78, 5) is 20.1. The van der Waals surface area contributed by atoms with Crippen molar-refractivity contribution in [2.45, 2.75) is 6.42 Å². The van der Waals surface area contributed by atoms with Crippen LogP contribution in [-0.4, -0.2) is 57.6 Å². The first-order valence-corrected chi connectivity index (χ1v) is 11.6. The quantitative estimate of drug-likeness (QED) is 0.521. The van der Waals surface area contributed by atoms with Crippen molar-refractivity contribution in [2.75, 3.05) is 62.4 Å². The highest BCUT2D eigenvalue weighted by atomic mass is 16.5. The zero-order chi connectivity index (χ0) is 22.2. The van der Waals surface area contributed by atoms with Gasteiger partial charge in [-0.2, -0.15) is 0 Å². The van der Waals surface area contributed by atoms with Gasteiger partial charge in [-0.05, 0) is 24.3 Å². The van der Waals surface area contributed by atoms with E-state index in [2.05, 4.69) is 33.0 Å². The summed E-state index contributed by atoms with van der Waals surface area (Å²) in [6, 6.07) is 16.1. The lowest BCUT2D eigenvalue weighted by Crippen LogP contribution is -2.37. The standard InChI is InChI=1S/C26H27N3O4/c30-25-17-19(28-7-11-31-12-8-28)16-22(27-25)20-4-1-3-18-15-21-23(29-9-13-32-14-10-29)5-2-6-24(21)33-26(18)20/h1-6,16-17H,7-15H2,(H,27,30). The number of fused-ring (bicyclic) bond motifs is 2. The smallest absolute Gasteiger partial charge is 0.250 e. The summed E-state index contributed by atoms with van der Waals surface area (Å²) in [5, 5.41) is 0. The molecular formula is C26H27N3O4. The van der Waals surface area contributed by atoms with E-state index in [1.54, 1.807) is 6.07 Å². The number of nitrogens with one attached hydrogen (secondary N) is 1. The Hall–Kier alpha value is -3.29. The minimum absolute atomic E-state index is 0.114. The van der Waals surface area contributed by atoms with Crippen LogP contribution in [0.15, 0.2) is 53.3 Å². The van der Waals surface area contributed by atoms with Crippen molar-refractivity contribution in [1.82, 2.24) is 4.98 Å². The van der Waals surface area contributed by atoms with Crippen LogP contribution in [0.4, 0.5) is 11.4 Å². The second-order valence-corrected chi connectivity index (χ2v) is 8.64. The zero-order valence-corrected chi connectivity index (χ0v) is 18.5. The number of para-hydroxylation sites is 1. The molecule has 2 fully saturated rings. The van der Waals surface area contributed by atoms with Crippen LogP contribution in [-0.2, 0) is 15.9 Å². The SMILES string of the molecule is O=c1cc(N2CCOCC2)cc(-c2cccc3c2Oc2cccc(N4CCOCC4)c2C3)[nH]1. The van der Waals surface area contributed by atoms with Gasteiger partial charge in [-0.15, -0.1) is 0 Å². The van der Waals surface area contributed by atoms with Gasteiger partial charge < -0.3 is 29.0 Å². The van der Waals surface area contributed by atoms with Gasteiger partial charge in [0.25, 0.3) is 0 Å². The number of hydrogen-bond donors (Lipinski definition) is 1. The maximum Gasteiger partial charge on any atom is 0.250 e. The fourth-order valence-electron chi connectivity index (χ4n) is 4.96. The number of hydrogen-bond acceptors (Lipinski definition) is 6. The minimum Gasteiger partial charge on any atom is -0.456 e. The fraction of sp³-hybridized carbons (Fsp3) is 0.346. The highest BCUT2D eigenvalue weighted by Gasteiger charge is 2.26. The zero-order valence-electron chi connectivity index (χ0n) is 18.5. The summed E-state index contributed by atoms with van der Waals surface area (Å²) in [5.41, 5.74) is 6.03. The van der Waals surface area contributed by atoms with Gasteiger partial charge in [-0.25, -0.2) is 0 Å². The highest BCUT2D eigenvalue weighted by Crippen LogP contribution is 2.45. The average molecular weight is 446 g/mol. The largest absolute Gasteiger partial charge is 0.456 e. The molecule has 1 N–H and O–H groups in total. The van der Waals surface area contributed by atoms with Crippen molar-refractivity contribution in [3.8, 4) is 22.8 Å². The summed E-state index contributed by atoms with van der Waals surface area (Å²) < 4.78 is 17.5. The molecule has 2 aromatic carbocycles. The van der Waals surface area contributed by atoms with Crippen molar-refractivity contribution in [3.63, 3.8) is 0 Å². The molecule has 6 rings (SSSR count). The van der Waals surface area contributed by atoms with Gasteiger partial charge in [0, 0.05) is 66.7 Å². The predicted octanol–water partition coefficient (Wildman–Crippen LogP) is 3.41. The van der Waals surface area contributed by atoms with Crippen LogP contribution in [0.5, 0.6) is 11.5 Å². The normalized spacial score (nSPS) is 17.8. The molecule has 33 heavy (non-hydrogen) atoms. The minimum atomic E-state index is -0.114. The van der Waals surface area contributed by atoms with Crippen molar-refractivity contribution in [2.24, 2.45) is 0 Å². The lowest BCUT2D eigenvalue weighted by atomic mass is 9.95. The Morgan fingerprint density at radius 3 is 2.33 bits per heavy atom. The number of benzene rings is 2. The molecule has 0 atom stereocenters. The molecule has 0 unspecified atom stereocenters. The maximum absolute atomic E-state index is 12.5. The average Bonchev–Trinajstić information content (AvgIpc) is 2.87. The first-order valence-electron chi connectivity index (χ1n) is 11.6. The monoisotopic (exact) mass is 445 g/mol. The molecule has 0 amide bonds. The van der Waals surface area contributed by atoms with Crippen molar-refractivity contribution < 1.29 is 14.2 Å². The number of anilines is 2. The van der Waals surface area contributed by atoms with E-state index in [-0.39, 0.29) is 5.56 Å². The molecule has 7 nitrogen and oxygen atoms in total. The molecule has 1 aromatic heterocycles. The molecule has 170 valence electrons. The molecule has 2 saturated heterocycles. The number of rotatable bonds is 3. The fourth-order valence-corrected chi connectivity index (χ4v) is 4.96. The Labute approximate surface area is 192 Å². The van der Waals surface area contributed by atoms with Crippen LogP contribution in [0.3, 0.4) is 0 Å². The molecule has 3 aliphatic rings. The Kier molecular flexibility index (Phi) is 5.28. The van der Waals surface area contributed by atoms with Gasteiger partial charge in [0.2, 0.25) is 5.56 Å². The number of ether oxygens (including phenoxy) is 3. The lowest BCUT2D eigenvalue weighted by Gasteiger charge is -2.33. The van der Waals surface area contributed by atoms with Gasteiger partial charge in [0.05, 0.1) is 32.1 Å². The van der Waals surface area contributed by atoms with Crippen molar-refractivity contribution in [1.29, 1.82) is 0 Å². The number of morpholine rings is 2. The van der Waals surface area contributed by atoms with Crippen LogP contribution >= 0.6 is 0 Å². The Bertz CT molecular complexity index is 1230. The van der Waals surface area contributed by atoms with Crippen molar-refractivity contribution in [3.05, 3.63) is 70.0 Å². The Balaban J connectivity index is 1.38. The highest BCUT2D eigenvalue weighted by molar-refractivity contribution is 5.75. The molecule has 0 aliphatic carbocycles. The van der Waals surface area contributed by atoms with Gasteiger partial charge in [-0.1, -0.05) is 18.2 Å². The lowest BCUT2D eigenvalue weighted by molar-refractivity contribution is 0.122. The molecule has 3 aromatic rings. The molecule has 0 saturated carbocycles. The van der Waals surface area contributed by atoms with E-state index in [4.69, 9.17) is 14.2 Å². The van der Waals surface area contributed by atoms with E-state index in [0.717, 1.165) is 79.8 Å². The molecular weight excluding hydrogens is 418 g/mol. The Morgan fingerprint density at radius 1 is 0.818 bits per heavy atom. The molecule has 0 radical (unpaired) electrons. The van der Waals surface area contributed by atoms with Crippen LogP contribution in [0.2, 0.25) is 0 Å². The molecule has 3 aliphatic heterocycles. The predicted molar refractivity (Wildman–Crippen MR) is 128 cm³/mol. The molecule has 0 bridgehead atoms. The maximum atomic E-state index is 12.5. The number of aromatic amines is 1. The van der Waals surface area contributed by atoms with Crippen LogP contribution in [0.1, 0.15) is 11.1 Å². The first kappa shape index (κ1) is 20.3. The number of pyridine rings is 1. The summed E-state index contributed by atoms with van der Waals surface area (Å²) in [6.45, 7) is 6.19. The topological polar surface area (TPSA) is 67.0 Å². The van der Waals surface area contributed by atoms with Crippen LogP contribution < -0.4 is 20.1 Å². The third kappa shape index (κ3) is 3.87. The van der Waals surface area contributed by atoms with Gasteiger partial charge >= 0.3 is 0 Å². The van der Waals surface area contributed by atoms with Crippen LogP contribution in [0, 0.1) is 0 Å². The van der Waals surface area contributed by atoms with E-state index >= 15 is 0 Å². The number of aromatic nitrogens is 1. The summed E-state index contributed by atoms with van der Waals surface area (Å²) in [6.07, 6.45) is 0.791. The first-order chi connectivity index (χ1) is 16.3. The number of H-pyrrole nitrogens is 1. The summed E-state index contributed by atoms with van der Waals surface area (Å²) >= 11 is 0. The molecule has 4 heterocycles. The van der Waals surface area contributed by atoms with E-state index < -0.39 is 0 Å². The van der Waals surface area contributed by atoms with Gasteiger partial charge in [0.1, 0.15) is 11.5 Å². The van der Waals surface area contributed by atoms with Gasteiger partial charge in [-0.3, -0.25) is 4.79 Å². The van der Waals surface area contributed by atoms with Gasteiger partial charge in [0.15, 0.2) is 0 Å². The number of nitrogens with zero attached hydrogens (tertiary/aromatic N) is 2. The second-order valence-electron chi connectivity index (χ2n) is 8.64. The van der Waals surface area contributed by atoms with E-state index in [1.165, 1.54) is 11.3 Å². The van der Waals surface area contributed by atoms with Crippen LogP contribution in [0.25, 0.3) is 11.3 Å². The molecule has 7 heteroatoms. The molecule has 0 spiro atoms. The summed E-state index contributed by atoms with van der Waals surface area (Å²) in [7, 11) is 0. The van der Waals surface area contributed by atoms with E-state index in [1.807, 2.05) is 24.3 Å². The Morgan fingerprint density at radius 2 is 1.55 bits per heavy atom. The third-order valence-electron chi connectivity index (χ3n) is 6.63. The third-order valence-corrected chi connectivity index (χ3v) is 6.63. The van der Waals surface area contributed by atoms with E-state index in [0.29, 0.717) is 13.2 Å². The summed E-state index contributed by atoms with van der Waals surface area (Å²) in [5.74, 6) is 1.70.